The average Bonchev–Trinajstić information content (AvgIpc) is 2.49. The molecule has 20 heavy (non-hydrogen) atoms. The predicted octanol–water partition coefficient (Wildman–Crippen LogP) is 3.88. The van der Waals surface area contributed by atoms with Gasteiger partial charge in [0.2, 0.25) is 0 Å². The lowest BCUT2D eigenvalue weighted by Gasteiger charge is -2.41. The van der Waals surface area contributed by atoms with Gasteiger partial charge in [-0.2, -0.15) is 0 Å². The molecule has 2 aromatic rings. The number of hydrogen-bond donors (Lipinski definition) is 1. The molecule has 3 heteroatoms. The molecule has 0 spiro atoms. The third-order valence-corrected chi connectivity index (χ3v) is 4.10. The number of piperazine rings is 1. The van der Waals surface area contributed by atoms with Crippen LogP contribution in [0.3, 0.4) is 0 Å². The minimum Gasteiger partial charge on any atom is -0.362 e. The summed E-state index contributed by atoms with van der Waals surface area (Å²) >= 11 is 6.00. The van der Waals surface area contributed by atoms with Gasteiger partial charge in [0.25, 0.3) is 0 Å². The Labute approximate surface area is 125 Å². The topological polar surface area (TPSA) is 15.3 Å². The molecule has 0 aromatic heterocycles. The van der Waals surface area contributed by atoms with Crippen LogP contribution in [0.4, 0.5) is 5.69 Å². The first-order valence-electron chi connectivity index (χ1n) is 7.04. The van der Waals surface area contributed by atoms with Gasteiger partial charge in [-0.1, -0.05) is 41.9 Å². The molecule has 2 unspecified atom stereocenters. The number of hydrogen-bond acceptors (Lipinski definition) is 2. The van der Waals surface area contributed by atoms with E-state index in [0.717, 1.165) is 18.1 Å². The monoisotopic (exact) mass is 286 g/mol. The minimum absolute atomic E-state index is 0.369. The van der Waals surface area contributed by atoms with Crippen LogP contribution in [0, 0.1) is 0 Å². The van der Waals surface area contributed by atoms with E-state index in [1.807, 2.05) is 12.1 Å². The first kappa shape index (κ1) is 13.5. The van der Waals surface area contributed by atoms with Crippen molar-refractivity contribution in [2.24, 2.45) is 0 Å². The third-order valence-electron chi connectivity index (χ3n) is 3.85. The second kappa shape index (κ2) is 5.86. The van der Waals surface area contributed by atoms with Crippen LogP contribution in [0.2, 0.25) is 5.02 Å². The zero-order valence-electron chi connectivity index (χ0n) is 11.6. The number of rotatable bonds is 2. The van der Waals surface area contributed by atoms with Gasteiger partial charge in [0.1, 0.15) is 0 Å². The normalized spacial score (nSPS) is 22.8. The molecule has 0 aliphatic carbocycles. The van der Waals surface area contributed by atoms with Gasteiger partial charge in [-0.15, -0.1) is 0 Å². The van der Waals surface area contributed by atoms with Gasteiger partial charge in [-0.3, -0.25) is 0 Å². The van der Waals surface area contributed by atoms with Crippen molar-refractivity contribution in [1.82, 2.24) is 5.32 Å². The zero-order valence-corrected chi connectivity index (χ0v) is 12.3. The second-order valence-electron chi connectivity index (χ2n) is 5.36. The second-order valence-corrected chi connectivity index (χ2v) is 5.80. The molecule has 0 bridgehead atoms. The highest BCUT2D eigenvalue weighted by Gasteiger charge is 2.27. The maximum atomic E-state index is 6.00. The summed E-state index contributed by atoms with van der Waals surface area (Å²) in [5.41, 5.74) is 2.58. The summed E-state index contributed by atoms with van der Waals surface area (Å²) in [7, 11) is 0. The molecule has 1 N–H and O–H groups in total. The summed E-state index contributed by atoms with van der Waals surface area (Å²) in [6, 6.07) is 19.7. The summed E-state index contributed by atoms with van der Waals surface area (Å²) in [6.07, 6.45) is 0. The van der Waals surface area contributed by atoms with Crippen molar-refractivity contribution in [3.63, 3.8) is 0 Å². The highest BCUT2D eigenvalue weighted by molar-refractivity contribution is 6.30. The number of halogens is 1. The van der Waals surface area contributed by atoms with Crippen LogP contribution in [-0.2, 0) is 0 Å². The quantitative estimate of drug-likeness (QED) is 0.901. The fraction of sp³-hybridized carbons (Fsp3) is 0.294. The van der Waals surface area contributed by atoms with Crippen molar-refractivity contribution < 1.29 is 0 Å². The van der Waals surface area contributed by atoms with Gasteiger partial charge >= 0.3 is 0 Å². The fourth-order valence-corrected chi connectivity index (χ4v) is 2.93. The first-order chi connectivity index (χ1) is 9.74. The van der Waals surface area contributed by atoms with E-state index in [2.05, 4.69) is 59.6 Å². The summed E-state index contributed by atoms with van der Waals surface area (Å²) in [5, 5.41) is 4.36. The maximum Gasteiger partial charge on any atom is 0.0667 e. The van der Waals surface area contributed by atoms with E-state index in [9.17, 15) is 0 Å². The number of nitrogens with one attached hydrogen (secondary N) is 1. The Kier molecular flexibility index (Phi) is 3.95. The predicted molar refractivity (Wildman–Crippen MR) is 85.4 cm³/mol. The Hall–Kier alpha value is -1.51. The lowest BCUT2D eigenvalue weighted by Crippen LogP contribution is -2.51. The van der Waals surface area contributed by atoms with Crippen LogP contribution in [0.15, 0.2) is 54.6 Å². The molecular weight excluding hydrogens is 268 g/mol. The van der Waals surface area contributed by atoms with Crippen molar-refractivity contribution in [2.75, 3.05) is 18.0 Å². The molecule has 1 heterocycles. The first-order valence-corrected chi connectivity index (χ1v) is 7.42. The van der Waals surface area contributed by atoms with Crippen molar-refractivity contribution in [2.45, 2.75) is 19.0 Å². The fourth-order valence-electron chi connectivity index (χ4n) is 2.80. The van der Waals surface area contributed by atoms with E-state index in [0.29, 0.717) is 12.1 Å². The smallest absolute Gasteiger partial charge is 0.0667 e. The van der Waals surface area contributed by atoms with Crippen LogP contribution in [0.5, 0.6) is 0 Å². The lowest BCUT2D eigenvalue weighted by atomic mass is 10.0. The maximum absolute atomic E-state index is 6.00. The Morgan fingerprint density at radius 2 is 1.75 bits per heavy atom. The number of nitrogens with zero attached hydrogens (tertiary/aromatic N) is 1. The van der Waals surface area contributed by atoms with Gasteiger partial charge in [-0.25, -0.2) is 0 Å². The molecule has 3 rings (SSSR count). The average molecular weight is 287 g/mol. The molecular formula is C17H19ClN2. The van der Waals surface area contributed by atoms with Crippen molar-refractivity contribution in [3.8, 4) is 0 Å². The number of benzene rings is 2. The van der Waals surface area contributed by atoms with E-state index in [4.69, 9.17) is 11.6 Å². The summed E-state index contributed by atoms with van der Waals surface area (Å²) < 4.78 is 0. The van der Waals surface area contributed by atoms with E-state index < -0.39 is 0 Å². The Balaban J connectivity index is 1.93. The molecule has 0 radical (unpaired) electrons. The molecule has 1 saturated heterocycles. The molecule has 1 aliphatic rings. The van der Waals surface area contributed by atoms with Crippen LogP contribution in [0.1, 0.15) is 18.5 Å². The highest BCUT2D eigenvalue weighted by Crippen LogP contribution is 2.30. The van der Waals surface area contributed by atoms with Crippen LogP contribution in [0.25, 0.3) is 0 Å². The van der Waals surface area contributed by atoms with Gasteiger partial charge < -0.3 is 10.2 Å². The molecule has 2 aromatic carbocycles. The van der Waals surface area contributed by atoms with Crippen molar-refractivity contribution in [1.29, 1.82) is 0 Å². The summed E-state index contributed by atoms with van der Waals surface area (Å²) in [4.78, 5) is 2.47. The van der Waals surface area contributed by atoms with Gasteiger partial charge in [0.15, 0.2) is 0 Å². The van der Waals surface area contributed by atoms with Crippen LogP contribution >= 0.6 is 11.6 Å². The summed E-state index contributed by atoms with van der Waals surface area (Å²) in [6.45, 7) is 4.19. The van der Waals surface area contributed by atoms with Crippen molar-refractivity contribution >= 4 is 17.3 Å². The third kappa shape index (κ3) is 2.82. The Morgan fingerprint density at radius 3 is 2.45 bits per heavy atom. The van der Waals surface area contributed by atoms with Gasteiger partial charge in [0, 0.05) is 29.8 Å². The van der Waals surface area contributed by atoms with Gasteiger partial charge in [-0.05, 0) is 36.8 Å². The molecule has 1 fully saturated rings. The summed E-state index contributed by atoms with van der Waals surface area (Å²) in [5.74, 6) is 0. The van der Waals surface area contributed by atoms with E-state index in [1.165, 1.54) is 11.3 Å². The van der Waals surface area contributed by atoms with E-state index in [-0.39, 0.29) is 0 Å². The molecule has 104 valence electrons. The van der Waals surface area contributed by atoms with Crippen LogP contribution in [-0.4, -0.2) is 19.1 Å². The highest BCUT2D eigenvalue weighted by atomic mass is 35.5. The largest absolute Gasteiger partial charge is 0.362 e. The SMILES string of the molecule is CC1CN(c2ccc(Cl)cc2)C(c2ccccc2)CN1. The number of anilines is 1. The Bertz CT molecular complexity index is 553. The van der Waals surface area contributed by atoms with E-state index >= 15 is 0 Å². The molecule has 1 aliphatic heterocycles. The van der Waals surface area contributed by atoms with Crippen LogP contribution < -0.4 is 10.2 Å². The van der Waals surface area contributed by atoms with E-state index in [1.54, 1.807) is 0 Å². The molecule has 0 amide bonds. The zero-order chi connectivity index (χ0) is 13.9. The van der Waals surface area contributed by atoms with Gasteiger partial charge in [0.05, 0.1) is 6.04 Å². The minimum atomic E-state index is 0.369. The van der Waals surface area contributed by atoms with Crippen molar-refractivity contribution in [3.05, 3.63) is 65.2 Å². The standard InChI is InChI=1S/C17H19ClN2/c1-13-12-20(16-9-7-15(18)8-10-16)17(11-19-13)14-5-3-2-4-6-14/h2-10,13,17,19H,11-12H2,1H3. The molecule has 0 saturated carbocycles. The molecule has 2 nitrogen and oxygen atoms in total. The Morgan fingerprint density at radius 1 is 1.05 bits per heavy atom. The lowest BCUT2D eigenvalue weighted by molar-refractivity contribution is 0.416. The molecule has 2 atom stereocenters.